The van der Waals surface area contributed by atoms with Gasteiger partial charge in [-0.15, -0.1) is 0 Å². The fourth-order valence-electron chi connectivity index (χ4n) is 2.68. The lowest BCUT2D eigenvalue weighted by Gasteiger charge is -2.51. The van der Waals surface area contributed by atoms with E-state index in [0.29, 0.717) is 0 Å². The van der Waals surface area contributed by atoms with Crippen molar-refractivity contribution in [3.63, 3.8) is 0 Å². The molecular weight excluding hydrogens is 244 g/mol. The summed E-state index contributed by atoms with van der Waals surface area (Å²) in [4.78, 5) is 10.5. The van der Waals surface area contributed by atoms with Gasteiger partial charge in [-0.3, -0.25) is 10.1 Å². The van der Waals surface area contributed by atoms with Crippen molar-refractivity contribution in [3.05, 3.63) is 33.9 Å². The van der Waals surface area contributed by atoms with Crippen LogP contribution in [0.15, 0.2) is 18.2 Å². The van der Waals surface area contributed by atoms with E-state index >= 15 is 0 Å². The number of benzene rings is 1. The lowest BCUT2D eigenvalue weighted by molar-refractivity contribution is -0.384. The number of hydrogen-bond acceptors (Lipinski definition) is 4. The number of ether oxygens (including phenoxy) is 1. The van der Waals surface area contributed by atoms with Gasteiger partial charge >= 0.3 is 0 Å². The molecule has 1 fully saturated rings. The van der Waals surface area contributed by atoms with Crippen molar-refractivity contribution in [2.45, 2.75) is 39.3 Å². The first-order valence-electron chi connectivity index (χ1n) is 6.40. The second-order valence-electron chi connectivity index (χ2n) is 5.79. The normalized spacial score (nSPS) is 24.6. The molecule has 19 heavy (non-hydrogen) atoms. The Balaban J connectivity index is 2.15. The molecule has 2 rings (SSSR count). The number of nitro benzene ring substituents is 1. The molecule has 1 aromatic carbocycles. The Kier molecular flexibility index (Phi) is 3.49. The van der Waals surface area contributed by atoms with E-state index in [1.165, 1.54) is 0 Å². The number of rotatable bonds is 4. The van der Waals surface area contributed by atoms with Gasteiger partial charge in [-0.1, -0.05) is 13.8 Å². The molecule has 0 saturated heterocycles. The van der Waals surface area contributed by atoms with E-state index in [0.717, 1.165) is 17.7 Å². The van der Waals surface area contributed by atoms with Crippen molar-refractivity contribution in [1.29, 1.82) is 0 Å². The van der Waals surface area contributed by atoms with Crippen molar-refractivity contribution in [3.8, 4) is 0 Å². The summed E-state index contributed by atoms with van der Waals surface area (Å²) in [5.41, 5.74) is 1.85. The molecule has 1 aliphatic carbocycles. The van der Waals surface area contributed by atoms with E-state index < -0.39 is 0 Å². The van der Waals surface area contributed by atoms with Crippen molar-refractivity contribution in [2.75, 3.05) is 12.4 Å². The van der Waals surface area contributed by atoms with Crippen molar-refractivity contribution in [2.24, 2.45) is 5.41 Å². The van der Waals surface area contributed by atoms with Crippen LogP contribution in [0.25, 0.3) is 0 Å². The molecule has 0 heterocycles. The van der Waals surface area contributed by atoms with Gasteiger partial charge in [0.1, 0.15) is 0 Å². The fraction of sp³-hybridized carbons (Fsp3) is 0.571. The molecule has 1 aliphatic rings. The molecule has 104 valence electrons. The first-order valence-corrected chi connectivity index (χ1v) is 6.40. The highest BCUT2D eigenvalue weighted by Crippen LogP contribution is 2.44. The molecule has 0 aliphatic heterocycles. The van der Waals surface area contributed by atoms with Crippen LogP contribution in [0.2, 0.25) is 0 Å². The molecule has 0 amide bonds. The number of aryl methyl sites for hydroxylation is 1. The molecule has 1 aromatic rings. The van der Waals surface area contributed by atoms with E-state index in [1.54, 1.807) is 19.2 Å². The molecule has 0 radical (unpaired) electrons. The topological polar surface area (TPSA) is 64.4 Å². The first-order chi connectivity index (χ1) is 8.84. The monoisotopic (exact) mass is 264 g/mol. The Morgan fingerprint density at radius 3 is 2.63 bits per heavy atom. The second-order valence-corrected chi connectivity index (χ2v) is 5.79. The predicted molar refractivity (Wildman–Crippen MR) is 74.4 cm³/mol. The fourth-order valence-corrected chi connectivity index (χ4v) is 2.68. The van der Waals surface area contributed by atoms with Crippen LogP contribution in [-0.4, -0.2) is 24.2 Å². The van der Waals surface area contributed by atoms with Gasteiger partial charge in [-0.25, -0.2) is 0 Å². The average molecular weight is 264 g/mol. The highest BCUT2D eigenvalue weighted by atomic mass is 16.6. The summed E-state index contributed by atoms with van der Waals surface area (Å²) >= 11 is 0. The molecule has 0 bridgehead atoms. The van der Waals surface area contributed by atoms with Gasteiger partial charge in [-0.05, 0) is 25.0 Å². The number of non-ortho nitro benzene ring substituents is 1. The average Bonchev–Trinajstić information content (AvgIpc) is 2.33. The lowest BCUT2D eigenvalue weighted by Crippen LogP contribution is -2.57. The zero-order chi connectivity index (χ0) is 14.2. The molecule has 2 unspecified atom stereocenters. The third-order valence-electron chi connectivity index (χ3n) is 4.08. The van der Waals surface area contributed by atoms with Crippen LogP contribution in [0, 0.1) is 22.5 Å². The predicted octanol–water partition coefficient (Wildman–Crippen LogP) is 3.13. The number of anilines is 1. The van der Waals surface area contributed by atoms with Gasteiger partial charge in [0.25, 0.3) is 5.69 Å². The summed E-state index contributed by atoms with van der Waals surface area (Å²) < 4.78 is 5.41. The Bertz CT molecular complexity index is 499. The van der Waals surface area contributed by atoms with Crippen LogP contribution < -0.4 is 5.32 Å². The van der Waals surface area contributed by atoms with Gasteiger partial charge < -0.3 is 10.1 Å². The quantitative estimate of drug-likeness (QED) is 0.670. The molecule has 1 saturated carbocycles. The number of nitro groups is 1. The van der Waals surface area contributed by atoms with Crippen LogP contribution in [0.1, 0.15) is 25.8 Å². The van der Waals surface area contributed by atoms with Crippen molar-refractivity contribution >= 4 is 11.4 Å². The number of hydrogen-bond donors (Lipinski definition) is 1. The summed E-state index contributed by atoms with van der Waals surface area (Å²) in [7, 11) is 1.72. The zero-order valence-corrected chi connectivity index (χ0v) is 11.8. The van der Waals surface area contributed by atoms with E-state index in [2.05, 4.69) is 19.2 Å². The number of methoxy groups -OCH3 is 1. The Hall–Kier alpha value is -1.62. The number of nitrogens with one attached hydrogen (secondary N) is 1. The third kappa shape index (κ3) is 2.56. The van der Waals surface area contributed by atoms with Crippen LogP contribution in [0.3, 0.4) is 0 Å². The summed E-state index contributed by atoms with van der Waals surface area (Å²) in [5.74, 6) is 0. The molecule has 5 heteroatoms. The van der Waals surface area contributed by atoms with Crippen LogP contribution in [-0.2, 0) is 4.74 Å². The summed E-state index contributed by atoms with van der Waals surface area (Å²) in [6.45, 7) is 6.15. The summed E-state index contributed by atoms with van der Waals surface area (Å²) in [6, 6.07) is 5.38. The SMILES string of the molecule is COC1CC(Nc2cc(C)cc([N+](=O)[O-])c2)C1(C)C. The molecule has 2 atom stereocenters. The van der Waals surface area contributed by atoms with Crippen LogP contribution in [0.4, 0.5) is 11.4 Å². The van der Waals surface area contributed by atoms with Crippen LogP contribution in [0.5, 0.6) is 0 Å². The second kappa shape index (κ2) is 4.81. The first kappa shape index (κ1) is 13.8. The van der Waals surface area contributed by atoms with E-state index in [9.17, 15) is 10.1 Å². The van der Waals surface area contributed by atoms with Crippen molar-refractivity contribution < 1.29 is 9.66 Å². The molecule has 1 N–H and O–H groups in total. The summed E-state index contributed by atoms with van der Waals surface area (Å²) in [5, 5.41) is 14.2. The van der Waals surface area contributed by atoms with Gasteiger partial charge in [-0.2, -0.15) is 0 Å². The standard InChI is InChI=1S/C14H20N2O3/c1-9-5-10(7-11(6-9)16(17)18)15-12-8-13(19-4)14(12,2)3/h5-7,12-13,15H,8H2,1-4H3. The molecular formula is C14H20N2O3. The minimum Gasteiger partial charge on any atom is -0.381 e. The zero-order valence-electron chi connectivity index (χ0n) is 11.8. The minimum absolute atomic E-state index is 0.0350. The highest BCUT2D eigenvalue weighted by Gasteiger charge is 2.48. The van der Waals surface area contributed by atoms with E-state index in [1.807, 2.05) is 13.0 Å². The van der Waals surface area contributed by atoms with Crippen molar-refractivity contribution in [1.82, 2.24) is 0 Å². The van der Waals surface area contributed by atoms with E-state index in [4.69, 9.17) is 4.74 Å². The molecule has 0 aromatic heterocycles. The Morgan fingerprint density at radius 2 is 2.11 bits per heavy atom. The smallest absolute Gasteiger partial charge is 0.271 e. The largest absolute Gasteiger partial charge is 0.381 e. The number of nitrogens with zero attached hydrogens (tertiary/aromatic N) is 1. The molecule has 5 nitrogen and oxygen atoms in total. The minimum atomic E-state index is -0.359. The Morgan fingerprint density at radius 1 is 1.42 bits per heavy atom. The third-order valence-corrected chi connectivity index (χ3v) is 4.08. The van der Waals surface area contributed by atoms with Gasteiger partial charge in [0, 0.05) is 36.4 Å². The molecule has 0 spiro atoms. The maximum Gasteiger partial charge on any atom is 0.271 e. The van der Waals surface area contributed by atoms with Gasteiger partial charge in [0.2, 0.25) is 0 Å². The lowest BCUT2D eigenvalue weighted by atomic mass is 9.64. The maximum absolute atomic E-state index is 10.9. The Labute approximate surface area is 113 Å². The maximum atomic E-state index is 10.9. The van der Waals surface area contributed by atoms with Gasteiger partial charge in [0.05, 0.1) is 11.0 Å². The van der Waals surface area contributed by atoms with Gasteiger partial charge in [0.15, 0.2) is 0 Å². The highest BCUT2D eigenvalue weighted by molar-refractivity contribution is 5.55. The van der Waals surface area contributed by atoms with E-state index in [-0.39, 0.29) is 28.2 Å². The van der Waals surface area contributed by atoms with Crippen LogP contribution >= 0.6 is 0 Å². The summed E-state index contributed by atoms with van der Waals surface area (Å²) in [6.07, 6.45) is 1.16.